The zero-order chi connectivity index (χ0) is 15.2. The van der Waals surface area contributed by atoms with E-state index in [0.717, 1.165) is 0 Å². The topological polar surface area (TPSA) is 26.0 Å². The van der Waals surface area contributed by atoms with E-state index in [0.29, 0.717) is 5.41 Å². The Balaban J connectivity index is 2.20. The van der Waals surface area contributed by atoms with Crippen molar-refractivity contribution in [2.75, 3.05) is 0 Å². The molecule has 1 aliphatic rings. The van der Waals surface area contributed by atoms with Crippen LogP contribution in [0.1, 0.15) is 71.9 Å². The van der Waals surface area contributed by atoms with Gasteiger partial charge in [0.15, 0.2) is 0 Å². The molecule has 0 saturated heterocycles. The Bertz CT molecular complexity index is 456. The van der Waals surface area contributed by atoms with Gasteiger partial charge in [0.25, 0.3) is 0 Å². The van der Waals surface area contributed by atoms with Gasteiger partial charge in [-0.2, -0.15) is 0 Å². The molecule has 0 aliphatic heterocycles. The zero-order valence-electron chi connectivity index (χ0n) is 14.1. The first-order chi connectivity index (χ1) is 9.07. The van der Waals surface area contributed by atoms with E-state index in [1.165, 1.54) is 30.4 Å². The van der Waals surface area contributed by atoms with Crippen LogP contribution in [0.15, 0.2) is 24.3 Å². The summed E-state index contributed by atoms with van der Waals surface area (Å²) < 4.78 is 0. The summed E-state index contributed by atoms with van der Waals surface area (Å²) in [5.74, 6) is 0. The van der Waals surface area contributed by atoms with Crippen LogP contribution in [0.2, 0.25) is 0 Å². The number of benzene rings is 1. The molecule has 1 heteroatoms. The van der Waals surface area contributed by atoms with Crippen LogP contribution in [-0.2, 0) is 10.8 Å². The monoisotopic (exact) mass is 273 g/mol. The summed E-state index contributed by atoms with van der Waals surface area (Å²) in [7, 11) is 0. The number of hydrogen-bond acceptors (Lipinski definition) is 1. The normalized spacial score (nSPS) is 19.8. The molecule has 1 aromatic rings. The summed E-state index contributed by atoms with van der Waals surface area (Å²) in [5.41, 5.74) is 9.89. The van der Waals surface area contributed by atoms with Gasteiger partial charge in [-0.05, 0) is 48.1 Å². The van der Waals surface area contributed by atoms with Gasteiger partial charge >= 0.3 is 0 Å². The molecule has 1 nitrogen and oxygen atoms in total. The predicted molar refractivity (Wildman–Crippen MR) is 88.1 cm³/mol. The van der Waals surface area contributed by atoms with Gasteiger partial charge in [-0.1, -0.05) is 58.9 Å². The second-order valence-corrected chi connectivity index (χ2v) is 8.64. The van der Waals surface area contributed by atoms with Crippen molar-refractivity contribution in [1.82, 2.24) is 0 Å². The Hall–Kier alpha value is -0.820. The highest BCUT2D eigenvalue weighted by atomic mass is 14.7. The maximum Gasteiger partial charge on any atom is 0.0108 e. The van der Waals surface area contributed by atoms with E-state index in [-0.39, 0.29) is 16.9 Å². The van der Waals surface area contributed by atoms with Crippen LogP contribution >= 0.6 is 0 Å². The standard InChI is InChI=1S/C19H31N/c1-14(20)19(11-12-19)16-9-7-15(8-10-16)18(5,6)13-17(2,3)4/h7-10,14H,11-13,20H2,1-6H3. The average molecular weight is 273 g/mol. The van der Waals surface area contributed by atoms with E-state index in [4.69, 9.17) is 5.73 Å². The first-order valence-electron chi connectivity index (χ1n) is 7.93. The van der Waals surface area contributed by atoms with Crippen molar-refractivity contribution >= 4 is 0 Å². The number of hydrogen-bond donors (Lipinski definition) is 1. The first-order valence-corrected chi connectivity index (χ1v) is 7.93. The molecule has 0 heterocycles. The Morgan fingerprint density at radius 3 is 1.90 bits per heavy atom. The molecule has 1 aliphatic carbocycles. The minimum atomic E-state index is 0.224. The van der Waals surface area contributed by atoms with Gasteiger partial charge in [-0.15, -0.1) is 0 Å². The fraction of sp³-hybridized carbons (Fsp3) is 0.684. The molecule has 1 saturated carbocycles. The van der Waals surface area contributed by atoms with Gasteiger partial charge in [0.1, 0.15) is 0 Å². The quantitative estimate of drug-likeness (QED) is 0.839. The maximum atomic E-state index is 6.17. The van der Waals surface area contributed by atoms with Crippen LogP contribution in [0, 0.1) is 5.41 Å². The minimum Gasteiger partial charge on any atom is -0.327 e. The molecule has 0 amide bonds. The molecular formula is C19H31N. The lowest BCUT2D eigenvalue weighted by atomic mass is 9.72. The summed E-state index contributed by atoms with van der Waals surface area (Å²) >= 11 is 0. The van der Waals surface area contributed by atoms with Gasteiger partial charge < -0.3 is 5.73 Å². The van der Waals surface area contributed by atoms with Crippen molar-refractivity contribution in [3.8, 4) is 0 Å². The average Bonchev–Trinajstić information content (AvgIpc) is 3.07. The highest BCUT2D eigenvalue weighted by Gasteiger charge is 2.47. The Morgan fingerprint density at radius 1 is 1.05 bits per heavy atom. The summed E-state index contributed by atoms with van der Waals surface area (Å²) in [4.78, 5) is 0. The van der Waals surface area contributed by atoms with Crippen molar-refractivity contribution in [2.45, 2.75) is 77.7 Å². The third-order valence-electron chi connectivity index (χ3n) is 4.87. The van der Waals surface area contributed by atoms with Gasteiger partial charge in [-0.25, -0.2) is 0 Å². The van der Waals surface area contributed by atoms with Crippen LogP contribution in [0.25, 0.3) is 0 Å². The highest BCUT2D eigenvalue weighted by Crippen LogP contribution is 2.50. The molecule has 20 heavy (non-hydrogen) atoms. The smallest absolute Gasteiger partial charge is 0.0108 e. The summed E-state index contributed by atoms with van der Waals surface area (Å²) in [5, 5.41) is 0. The summed E-state index contributed by atoms with van der Waals surface area (Å²) in [6.45, 7) is 13.8. The molecule has 1 aromatic carbocycles. The molecule has 0 bridgehead atoms. The lowest BCUT2D eigenvalue weighted by Gasteiger charge is -2.33. The van der Waals surface area contributed by atoms with Crippen LogP contribution in [0.5, 0.6) is 0 Å². The van der Waals surface area contributed by atoms with E-state index in [1.807, 2.05) is 0 Å². The lowest BCUT2D eigenvalue weighted by Crippen LogP contribution is -2.31. The molecule has 0 radical (unpaired) electrons. The molecule has 0 aromatic heterocycles. The van der Waals surface area contributed by atoms with Gasteiger partial charge in [0, 0.05) is 11.5 Å². The fourth-order valence-electron chi connectivity index (χ4n) is 3.82. The van der Waals surface area contributed by atoms with Crippen LogP contribution in [0.4, 0.5) is 0 Å². The third-order valence-corrected chi connectivity index (χ3v) is 4.87. The van der Waals surface area contributed by atoms with Crippen molar-refractivity contribution in [1.29, 1.82) is 0 Å². The molecule has 2 rings (SSSR count). The second-order valence-electron chi connectivity index (χ2n) is 8.64. The van der Waals surface area contributed by atoms with E-state index < -0.39 is 0 Å². The SMILES string of the molecule is CC(N)C1(c2ccc(C(C)(C)CC(C)(C)C)cc2)CC1. The second kappa shape index (κ2) is 4.87. The van der Waals surface area contributed by atoms with Crippen molar-refractivity contribution < 1.29 is 0 Å². The number of nitrogens with two attached hydrogens (primary N) is 1. The summed E-state index contributed by atoms with van der Waals surface area (Å²) in [6, 6.07) is 9.54. The van der Waals surface area contributed by atoms with Crippen molar-refractivity contribution in [3.63, 3.8) is 0 Å². The molecule has 1 unspecified atom stereocenters. The lowest BCUT2D eigenvalue weighted by molar-refractivity contribution is 0.284. The predicted octanol–water partition coefficient (Wildman–Crippen LogP) is 4.78. The van der Waals surface area contributed by atoms with E-state index in [1.54, 1.807) is 0 Å². The minimum absolute atomic E-state index is 0.224. The van der Waals surface area contributed by atoms with Gasteiger partial charge in [0.2, 0.25) is 0 Å². The molecule has 1 atom stereocenters. The fourth-order valence-corrected chi connectivity index (χ4v) is 3.82. The largest absolute Gasteiger partial charge is 0.327 e. The van der Waals surface area contributed by atoms with E-state index in [2.05, 4.69) is 65.8 Å². The summed E-state index contributed by atoms with van der Waals surface area (Å²) in [6.07, 6.45) is 3.68. The third kappa shape index (κ3) is 3.09. The van der Waals surface area contributed by atoms with Crippen molar-refractivity contribution in [3.05, 3.63) is 35.4 Å². The Kier molecular flexibility index (Phi) is 3.79. The first kappa shape index (κ1) is 15.6. The van der Waals surface area contributed by atoms with Crippen LogP contribution < -0.4 is 5.73 Å². The van der Waals surface area contributed by atoms with Gasteiger partial charge in [-0.3, -0.25) is 0 Å². The van der Waals surface area contributed by atoms with E-state index in [9.17, 15) is 0 Å². The van der Waals surface area contributed by atoms with Crippen molar-refractivity contribution in [2.24, 2.45) is 11.1 Å². The molecule has 2 N–H and O–H groups in total. The Labute approximate surface area is 125 Å². The molecule has 0 spiro atoms. The number of rotatable bonds is 4. The molecule has 1 fully saturated rings. The maximum absolute atomic E-state index is 6.17. The van der Waals surface area contributed by atoms with Crippen LogP contribution in [-0.4, -0.2) is 6.04 Å². The van der Waals surface area contributed by atoms with Gasteiger partial charge in [0.05, 0.1) is 0 Å². The zero-order valence-corrected chi connectivity index (χ0v) is 14.1. The Morgan fingerprint density at radius 2 is 1.55 bits per heavy atom. The molecule has 112 valence electrons. The van der Waals surface area contributed by atoms with Crippen LogP contribution in [0.3, 0.4) is 0 Å². The molecular weight excluding hydrogens is 242 g/mol. The van der Waals surface area contributed by atoms with E-state index >= 15 is 0 Å². The highest BCUT2D eigenvalue weighted by molar-refractivity contribution is 5.37.